The smallest absolute Gasteiger partial charge is 0.251 e. The minimum Gasteiger partial charge on any atom is -0.487 e. The summed E-state index contributed by atoms with van der Waals surface area (Å²) in [5.41, 5.74) is 4.23. The number of ketones is 2. The van der Waals surface area contributed by atoms with Gasteiger partial charge in [-0.05, 0) is 68.3 Å². The third-order valence-corrected chi connectivity index (χ3v) is 5.75. The molecule has 0 spiro atoms. The Hall–Kier alpha value is -3.80. The van der Waals surface area contributed by atoms with Crippen molar-refractivity contribution in [1.82, 2.24) is 5.32 Å². The maximum atomic E-state index is 14.7. The number of halogens is 1. The van der Waals surface area contributed by atoms with Crippen molar-refractivity contribution in [2.45, 2.75) is 33.3 Å². The first-order valence-electron chi connectivity index (χ1n) is 10.7. The molecule has 0 aromatic heterocycles. The van der Waals surface area contributed by atoms with Crippen LogP contribution in [0.1, 0.15) is 56.0 Å². The molecule has 1 aliphatic heterocycles. The number of benzene rings is 3. The Balaban J connectivity index is 1.52. The molecule has 3 aromatic rings. The van der Waals surface area contributed by atoms with Crippen molar-refractivity contribution in [2.24, 2.45) is 0 Å². The summed E-state index contributed by atoms with van der Waals surface area (Å²) in [6.45, 7) is 5.12. The lowest BCUT2D eigenvalue weighted by Crippen LogP contribution is -2.34. The van der Waals surface area contributed by atoms with Crippen molar-refractivity contribution < 1.29 is 23.5 Å². The summed E-state index contributed by atoms with van der Waals surface area (Å²) in [5.74, 6) is -0.317. The number of carbonyl (C=O) groups excluding carboxylic acids is 3. The highest BCUT2D eigenvalue weighted by Crippen LogP contribution is 2.41. The molecule has 0 bridgehead atoms. The lowest BCUT2D eigenvalue weighted by atomic mass is 9.95. The number of fused-ring (bicyclic) bond motifs is 1. The fraction of sp³-hybridized carbons (Fsp3) is 0.222. The highest BCUT2D eigenvalue weighted by atomic mass is 19.1. The topological polar surface area (TPSA) is 72.5 Å². The minimum absolute atomic E-state index is 0.0598. The molecule has 1 amide bonds. The lowest BCUT2D eigenvalue weighted by Gasteiger charge is -2.15. The molecule has 0 fully saturated rings. The van der Waals surface area contributed by atoms with E-state index < -0.39 is 5.82 Å². The third-order valence-electron chi connectivity index (χ3n) is 5.75. The van der Waals surface area contributed by atoms with E-state index in [1.54, 1.807) is 30.3 Å². The summed E-state index contributed by atoms with van der Waals surface area (Å²) >= 11 is 0. The quantitative estimate of drug-likeness (QED) is 0.546. The van der Waals surface area contributed by atoms with E-state index in [-0.39, 0.29) is 30.1 Å². The predicted molar refractivity (Wildman–Crippen MR) is 123 cm³/mol. The van der Waals surface area contributed by atoms with Gasteiger partial charge in [0, 0.05) is 34.2 Å². The second-order valence-corrected chi connectivity index (χ2v) is 8.34. The molecule has 6 heteroatoms. The van der Waals surface area contributed by atoms with Gasteiger partial charge in [-0.15, -0.1) is 0 Å². The number of aryl methyl sites for hydroxylation is 1. The zero-order valence-corrected chi connectivity index (χ0v) is 18.7. The van der Waals surface area contributed by atoms with Gasteiger partial charge in [-0.1, -0.05) is 18.2 Å². The van der Waals surface area contributed by atoms with Gasteiger partial charge in [0.25, 0.3) is 5.91 Å². The Labute approximate surface area is 191 Å². The molecular formula is C27H24FNO4. The second kappa shape index (κ2) is 8.98. The number of hydrogen-bond acceptors (Lipinski definition) is 4. The number of Topliss-reactive ketones (excluding diaryl/α,β-unsaturated/α-hetero) is 2. The van der Waals surface area contributed by atoms with Crippen LogP contribution in [0.2, 0.25) is 0 Å². The van der Waals surface area contributed by atoms with Crippen LogP contribution in [0.5, 0.6) is 5.75 Å². The summed E-state index contributed by atoms with van der Waals surface area (Å²) in [7, 11) is 0. The van der Waals surface area contributed by atoms with Crippen molar-refractivity contribution in [3.63, 3.8) is 0 Å². The number of rotatable bonds is 6. The van der Waals surface area contributed by atoms with Crippen molar-refractivity contribution in [1.29, 1.82) is 0 Å². The molecule has 1 atom stereocenters. The van der Waals surface area contributed by atoms with Gasteiger partial charge in [-0.3, -0.25) is 14.4 Å². The van der Waals surface area contributed by atoms with E-state index in [1.165, 1.54) is 26.0 Å². The third kappa shape index (κ3) is 4.70. The first-order valence-corrected chi connectivity index (χ1v) is 10.7. The standard InChI is InChI=1S/C27H24FNO4/c1-15-10-21-12-22(14-29-27(32)19-6-4-18(5-7-19)16(2)30)33-26(21)24(11-15)23-13-20(17(3)31)8-9-25(23)28/h4-11,13,22H,12,14H2,1-3H3,(H,29,32). The molecule has 5 nitrogen and oxygen atoms in total. The maximum Gasteiger partial charge on any atom is 0.251 e. The molecule has 33 heavy (non-hydrogen) atoms. The summed E-state index contributed by atoms with van der Waals surface area (Å²) in [5, 5.41) is 2.87. The fourth-order valence-electron chi connectivity index (χ4n) is 4.02. The van der Waals surface area contributed by atoms with E-state index in [2.05, 4.69) is 5.32 Å². The van der Waals surface area contributed by atoms with Gasteiger partial charge in [0.2, 0.25) is 0 Å². The Bertz CT molecular complexity index is 1260. The van der Waals surface area contributed by atoms with Crippen molar-refractivity contribution >= 4 is 17.5 Å². The van der Waals surface area contributed by atoms with E-state index in [0.717, 1.165) is 11.1 Å². The van der Waals surface area contributed by atoms with Crippen molar-refractivity contribution in [2.75, 3.05) is 6.54 Å². The number of ether oxygens (including phenoxy) is 1. The van der Waals surface area contributed by atoms with Gasteiger partial charge in [0.1, 0.15) is 17.7 Å². The summed E-state index contributed by atoms with van der Waals surface area (Å²) in [6, 6.07) is 14.6. The average molecular weight is 445 g/mol. The molecule has 1 heterocycles. The minimum atomic E-state index is -0.429. The summed E-state index contributed by atoms with van der Waals surface area (Å²) in [4.78, 5) is 35.7. The Morgan fingerprint density at radius 3 is 2.21 bits per heavy atom. The first-order chi connectivity index (χ1) is 15.7. The van der Waals surface area contributed by atoms with E-state index in [0.29, 0.717) is 40.0 Å². The molecule has 1 unspecified atom stereocenters. The molecular weight excluding hydrogens is 421 g/mol. The van der Waals surface area contributed by atoms with Crippen molar-refractivity contribution in [3.05, 3.63) is 88.2 Å². The number of hydrogen-bond donors (Lipinski definition) is 1. The second-order valence-electron chi connectivity index (χ2n) is 8.34. The van der Waals surface area contributed by atoms with E-state index in [4.69, 9.17) is 4.74 Å². The van der Waals surface area contributed by atoms with Crippen molar-refractivity contribution in [3.8, 4) is 16.9 Å². The van der Waals surface area contributed by atoms with Gasteiger partial charge < -0.3 is 10.1 Å². The maximum absolute atomic E-state index is 14.7. The van der Waals surface area contributed by atoms with Crippen LogP contribution in [0.4, 0.5) is 4.39 Å². The van der Waals surface area contributed by atoms with Gasteiger partial charge in [-0.2, -0.15) is 0 Å². The van der Waals surface area contributed by atoms with Gasteiger partial charge >= 0.3 is 0 Å². The number of amides is 1. The fourth-order valence-corrected chi connectivity index (χ4v) is 4.02. The molecule has 168 valence electrons. The molecule has 0 saturated heterocycles. The molecule has 4 rings (SSSR count). The monoisotopic (exact) mass is 445 g/mol. The van der Waals surface area contributed by atoms with Crippen LogP contribution < -0.4 is 10.1 Å². The van der Waals surface area contributed by atoms with E-state index >= 15 is 0 Å². The number of carbonyl (C=O) groups is 3. The highest BCUT2D eigenvalue weighted by molar-refractivity contribution is 5.98. The predicted octanol–water partition coefficient (Wildman–Crippen LogP) is 4.94. The number of nitrogens with one attached hydrogen (secondary N) is 1. The van der Waals surface area contributed by atoms with Crippen LogP contribution in [0.3, 0.4) is 0 Å². The Kier molecular flexibility index (Phi) is 6.09. The zero-order chi connectivity index (χ0) is 23.7. The van der Waals surface area contributed by atoms with Gasteiger partial charge in [0.15, 0.2) is 11.6 Å². The van der Waals surface area contributed by atoms with Crippen LogP contribution in [-0.2, 0) is 6.42 Å². The molecule has 3 aromatic carbocycles. The summed E-state index contributed by atoms with van der Waals surface area (Å²) in [6.07, 6.45) is 0.266. The normalized spacial score (nSPS) is 14.4. The molecule has 1 aliphatic rings. The van der Waals surface area contributed by atoms with E-state index in [1.807, 2.05) is 19.1 Å². The molecule has 0 aliphatic carbocycles. The first kappa shape index (κ1) is 22.4. The van der Waals surface area contributed by atoms with E-state index in [9.17, 15) is 18.8 Å². The van der Waals surface area contributed by atoms with Crippen LogP contribution in [0.25, 0.3) is 11.1 Å². The molecule has 0 radical (unpaired) electrons. The van der Waals surface area contributed by atoms with Crippen LogP contribution in [0.15, 0.2) is 54.6 Å². The Morgan fingerprint density at radius 2 is 1.55 bits per heavy atom. The Morgan fingerprint density at radius 1 is 0.909 bits per heavy atom. The lowest BCUT2D eigenvalue weighted by molar-refractivity contribution is 0.0931. The van der Waals surface area contributed by atoms with Gasteiger partial charge in [0.05, 0.1) is 6.54 Å². The van der Waals surface area contributed by atoms with Crippen LogP contribution in [0, 0.1) is 12.7 Å². The highest BCUT2D eigenvalue weighted by Gasteiger charge is 2.28. The summed E-state index contributed by atoms with van der Waals surface area (Å²) < 4.78 is 20.8. The zero-order valence-electron chi connectivity index (χ0n) is 18.7. The molecule has 1 N–H and O–H groups in total. The SMILES string of the molecule is CC(=O)c1ccc(C(=O)NCC2Cc3cc(C)cc(-c4cc(C(C)=O)ccc4F)c3O2)cc1. The average Bonchev–Trinajstić information content (AvgIpc) is 3.20. The largest absolute Gasteiger partial charge is 0.487 e. The molecule has 0 saturated carbocycles. The van der Waals surface area contributed by atoms with Crippen LogP contribution in [-0.4, -0.2) is 30.1 Å². The van der Waals surface area contributed by atoms with Crippen LogP contribution >= 0.6 is 0 Å². The van der Waals surface area contributed by atoms with Gasteiger partial charge in [-0.25, -0.2) is 4.39 Å².